The van der Waals surface area contributed by atoms with Gasteiger partial charge in [0.2, 0.25) is 0 Å². The van der Waals surface area contributed by atoms with Crippen molar-refractivity contribution >= 4 is 11.8 Å². The van der Waals surface area contributed by atoms with Crippen LogP contribution in [0.3, 0.4) is 0 Å². The van der Waals surface area contributed by atoms with Crippen LogP contribution in [-0.4, -0.2) is 11.8 Å². The molecule has 0 saturated heterocycles. The number of carbonyl (C=O) groups excluding carboxylic acids is 2. The second-order valence-corrected chi connectivity index (χ2v) is 2.89. The highest BCUT2D eigenvalue weighted by molar-refractivity contribution is 6.19. The van der Waals surface area contributed by atoms with Gasteiger partial charge in [-0.2, -0.15) is 5.32 Å². The molecular weight excluding hydrogens is 142 g/mol. The standard InChI is InChI=1S/C8H8NO2/c10-7-5-3-1-2-4-6(5)8(11)9-7/h1-4H2. The number of carbonyl (C=O) groups is 2. The Morgan fingerprint density at radius 3 is 1.82 bits per heavy atom. The van der Waals surface area contributed by atoms with E-state index in [9.17, 15) is 9.59 Å². The minimum Gasteiger partial charge on any atom is -0.267 e. The summed E-state index contributed by atoms with van der Waals surface area (Å²) in [4.78, 5) is 21.9. The van der Waals surface area contributed by atoms with Gasteiger partial charge in [-0.15, -0.1) is 0 Å². The van der Waals surface area contributed by atoms with Crippen LogP contribution >= 0.6 is 0 Å². The average molecular weight is 150 g/mol. The monoisotopic (exact) mass is 150 g/mol. The van der Waals surface area contributed by atoms with Gasteiger partial charge in [-0.25, -0.2) is 0 Å². The molecule has 3 heteroatoms. The second-order valence-electron chi connectivity index (χ2n) is 2.89. The topological polar surface area (TPSA) is 48.2 Å². The predicted molar refractivity (Wildman–Crippen MR) is 37.6 cm³/mol. The molecule has 2 rings (SSSR count). The van der Waals surface area contributed by atoms with Crippen molar-refractivity contribution in [2.75, 3.05) is 0 Å². The Labute approximate surface area is 64.5 Å². The first-order valence-electron chi connectivity index (χ1n) is 3.81. The lowest BCUT2D eigenvalue weighted by atomic mass is 9.93. The zero-order chi connectivity index (χ0) is 7.84. The van der Waals surface area contributed by atoms with Gasteiger partial charge in [0.25, 0.3) is 11.8 Å². The normalized spacial score (nSPS) is 23.6. The van der Waals surface area contributed by atoms with Crippen LogP contribution < -0.4 is 5.32 Å². The Hall–Kier alpha value is -1.12. The molecule has 0 N–H and O–H groups in total. The Bertz CT molecular complexity index is 239. The molecule has 0 atom stereocenters. The summed E-state index contributed by atoms with van der Waals surface area (Å²) in [6.07, 6.45) is 3.55. The Balaban J connectivity index is 2.40. The molecule has 0 fully saturated rings. The molecule has 0 aromatic rings. The van der Waals surface area contributed by atoms with Gasteiger partial charge in [0.05, 0.1) is 0 Å². The molecule has 3 nitrogen and oxygen atoms in total. The molecule has 0 unspecified atom stereocenters. The Kier molecular flexibility index (Phi) is 1.31. The lowest BCUT2D eigenvalue weighted by Gasteiger charge is -2.08. The Morgan fingerprint density at radius 1 is 0.909 bits per heavy atom. The smallest absolute Gasteiger partial charge is 0.267 e. The SMILES string of the molecule is O=C1[N]C(=O)C2=C1CCCC2. The van der Waals surface area contributed by atoms with Crippen molar-refractivity contribution in [2.24, 2.45) is 0 Å². The number of hydrogen-bond donors (Lipinski definition) is 0. The van der Waals surface area contributed by atoms with Gasteiger partial charge in [-0.05, 0) is 25.7 Å². The molecular formula is C8H8NO2. The van der Waals surface area contributed by atoms with E-state index in [1.165, 1.54) is 0 Å². The third kappa shape index (κ3) is 0.878. The second kappa shape index (κ2) is 2.19. The number of rotatable bonds is 0. The predicted octanol–water partition coefficient (Wildman–Crippen LogP) is 0.528. The van der Waals surface area contributed by atoms with Crippen LogP contribution in [0.25, 0.3) is 0 Å². The van der Waals surface area contributed by atoms with Gasteiger partial charge in [0.15, 0.2) is 0 Å². The maximum absolute atomic E-state index is 11.0. The third-order valence-electron chi connectivity index (χ3n) is 2.19. The third-order valence-corrected chi connectivity index (χ3v) is 2.19. The molecule has 0 aromatic heterocycles. The maximum atomic E-state index is 11.0. The molecule has 1 aliphatic carbocycles. The van der Waals surface area contributed by atoms with Crippen LogP contribution in [0, 0.1) is 0 Å². The van der Waals surface area contributed by atoms with Crippen molar-refractivity contribution in [1.82, 2.24) is 5.32 Å². The fourth-order valence-electron chi connectivity index (χ4n) is 1.60. The summed E-state index contributed by atoms with van der Waals surface area (Å²) in [5.74, 6) is -0.575. The van der Waals surface area contributed by atoms with Crippen molar-refractivity contribution in [1.29, 1.82) is 0 Å². The molecule has 1 radical (unpaired) electrons. The average Bonchev–Trinajstić information content (AvgIpc) is 2.30. The Morgan fingerprint density at radius 2 is 1.36 bits per heavy atom. The van der Waals surface area contributed by atoms with Crippen LogP contribution in [0.2, 0.25) is 0 Å². The highest BCUT2D eigenvalue weighted by Gasteiger charge is 2.32. The summed E-state index contributed by atoms with van der Waals surface area (Å²) in [5.41, 5.74) is 1.36. The van der Waals surface area contributed by atoms with E-state index in [1.54, 1.807) is 0 Å². The largest absolute Gasteiger partial charge is 0.276 e. The molecule has 2 amide bonds. The number of imide groups is 1. The molecule has 57 valence electrons. The summed E-state index contributed by atoms with van der Waals surface area (Å²) >= 11 is 0. The van der Waals surface area contributed by atoms with E-state index < -0.39 is 0 Å². The van der Waals surface area contributed by atoms with Crippen LogP contribution in [-0.2, 0) is 9.59 Å². The first-order chi connectivity index (χ1) is 5.29. The summed E-state index contributed by atoms with van der Waals surface area (Å²) in [6.45, 7) is 0. The van der Waals surface area contributed by atoms with Crippen molar-refractivity contribution in [3.63, 3.8) is 0 Å². The van der Waals surface area contributed by atoms with E-state index in [0.29, 0.717) is 11.1 Å². The van der Waals surface area contributed by atoms with Crippen molar-refractivity contribution in [3.8, 4) is 0 Å². The molecule has 0 aromatic carbocycles. The van der Waals surface area contributed by atoms with Crippen molar-refractivity contribution in [3.05, 3.63) is 11.1 Å². The zero-order valence-electron chi connectivity index (χ0n) is 6.09. The molecule has 2 aliphatic rings. The van der Waals surface area contributed by atoms with E-state index >= 15 is 0 Å². The molecule has 11 heavy (non-hydrogen) atoms. The van der Waals surface area contributed by atoms with Gasteiger partial charge in [-0.3, -0.25) is 9.59 Å². The molecule has 0 bridgehead atoms. The van der Waals surface area contributed by atoms with E-state index in [2.05, 4.69) is 5.32 Å². The summed E-state index contributed by atoms with van der Waals surface area (Å²) in [7, 11) is 0. The van der Waals surface area contributed by atoms with Crippen LogP contribution in [0.1, 0.15) is 25.7 Å². The first kappa shape index (κ1) is 6.58. The highest BCUT2D eigenvalue weighted by Crippen LogP contribution is 2.28. The maximum Gasteiger partial charge on any atom is 0.276 e. The minimum absolute atomic E-state index is 0.287. The van der Waals surface area contributed by atoms with Gasteiger partial charge in [0.1, 0.15) is 0 Å². The van der Waals surface area contributed by atoms with Crippen LogP contribution in [0.4, 0.5) is 0 Å². The van der Waals surface area contributed by atoms with Gasteiger partial charge in [0, 0.05) is 11.1 Å². The molecule has 1 heterocycles. The number of amides is 2. The van der Waals surface area contributed by atoms with Gasteiger partial charge in [-0.1, -0.05) is 0 Å². The van der Waals surface area contributed by atoms with Crippen molar-refractivity contribution < 1.29 is 9.59 Å². The quantitative estimate of drug-likeness (QED) is 0.473. The van der Waals surface area contributed by atoms with Crippen LogP contribution in [0.5, 0.6) is 0 Å². The fraction of sp³-hybridized carbons (Fsp3) is 0.500. The summed E-state index contributed by atoms with van der Waals surface area (Å²) in [6, 6.07) is 0. The number of nitrogens with zero attached hydrogens (tertiary/aromatic N) is 1. The molecule has 1 aliphatic heterocycles. The van der Waals surface area contributed by atoms with E-state index in [-0.39, 0.29) is 11.8 Å². The number of hydrogen-bond acceptors (Lipinski definition) is 2. The zero-order valence-corrected chi connectivity index (χ0v) is 6.09. The minimum atomic E-state index is -0.287. The van der Waals surface area contributed by atoms with Crippen molar-refractivity contribution in [2.45, 2.75) is 25.7 Å². The molecule has 0 saturated carbocycles. The van der Waals surface area contributed by atoms with Crippen LogP contribution in [0.15, 0.2) is 11.1 Å². The lowest BCUT2D eigenvalue weighted by molar-refractivity contribution is -0.124. The molecule has 0 spiro atoms. The fourth-order valence-corrected chi connectivity index (χ4v) is 1.60. The van der Waals surface area contributed by atoms with E-state index in [1.807, 2.05) is 0 Å². The highest BCUT2D eigenvalue weighted by atomic mass is 16.2. The van der Waals surface area contributed by atoms with Gasteiger partial charge >= 0.3 is 0 Å². The first-order valence-corrected chi connectivity index (χ1v) is 3.81. The van der Waals surface area contributed by atoms with E-state index in [0.717, 1.165) is 25.7 Å². The van der Waals surface area contributed by atoms with E-state index in [4.69, 9.17) is 0 Å². The lowest BCUT2D eigenvalue weighted by Crippen LogP contribution is -2.14. The summed E-state index contributed by atoms with van der Waals surface area (Å²) < 4.78 is 0. The van der Waals surface area contributed by atoms with Gasteiger partial charge < -0.3 is 0 Å². The summed E-state index contributed by atoms with van der Waals surface area (Å²) in [5, 5.41) is 3.38.